The van der Waals surface area contributed by atoms with Gasteiger partial charge < -0.3 is 9.47 Å². The zero-order chi connectivity index (χ0) is 16.2. The summed E-state index contributed by atoms with van der Waals surface area (Å²) < 4.78 is 13.3. The SMILES string of the molecule is CCO[C@H](C)OC(C)(C)/C(=C/C#N)n1cnc2ccccc21. The van der Waals surface area contributed by atoms with Crippen molar-refractivity contribution in [2.75, 3.05) is 6.61 Å². The van der Waals surface area contributed by atoms with E-state index in [1.54, 1.807) is 6.33 Å². The Kier molecular flexibility index (Phi) is 4.96. The smallest absolute Gasteiger partial charge is 0.156 e. The molecule has 0 unspecified atom stereocenters. The molecule has 0 radical (unpaired) electrons. The molecule has 0 bridgehead atoms. The van der Waals surface area contributed by atoms with Gasteiger partial charge in [0.25, 0.3) is 0 Å². The molecule has 0 saturated carbocycles. The lowest BCUT2D eigenvalue weighted by atomic mass is 10.0. The Balaban J connectivity index is 2.42. The number of rotatable bonds is 6. The van der Waals surface area contributed by atoms with Crippen molar-refractivity contribution in [2.24, 2.45) is 0 Å². The van der Waals surface area contributed by atoms with Crippen LogP contribution in [0.15, 0.2) is 36.7 Å². The summed E-state index contributed by atoms with van der Waals surface area (Å²) in [5.74, 6) is 0. The van der Waals surface area contributed by atoms with Crippen LogP contribution < -0.4 is 0 Å². The number of hydrogen-bond acceptors (Lipinski definition) is 4. The quantitative estimate of drug-likeness (QED) is 0.604. The largest absolute Gasteiger partial charge is 0.353 e. The molecular weight excluding hydrogens is 278 g/mol. The predicted octanol–water partition coefficient (Wildman–Crippen LogP) is 3.58. The average Bonchev–Trinajstić information content (AvgIpc) is 2.88. The Hall–Kier alpha value is -2.16. The first kappa shape index (κ1) is 16.2. The minimum absolute atomic E-state index is 0.364. The first-order chi connectivity index (χ1) is 10.5. The zero-order valence-electron chi connectivity index (χ0n) is 13.4. The molecule has 0 fully saturated rings. The molecular formula is C17H21N3O2. The maximum absolute atomic E-state index is 9.16. The lowest BCUT2D eigenvalue weighted by Gasteiger charge is -2.31. The second kappa shape index (κ2) is 6.73. The second-order valence-corrected chi connectivity index (χ2v) is 5.41. The van der Waals surface area contributed by atoms with Crippen molar-refractivity contribution in [3.63, 3.8) is 0 Å². The molecule has 0 spiro atoms. The third kappa shape index (κ3) is 3.35. The molecule has 1 aromatic carbocycles. The van der Waals surface area contributed by atoms with Gasteiger partial charge in [0.15, 0.2) is 6.29 Å². The summed E-state index contributed by atoms with van der Waals surface area (Å²) >= 11 is 0. The van der Waals surface area contributed by atoms with Gasteiger partial charge in [-0.2, -0.15) is 5.26 Å². The summed E-state index contributed by atoms with van der Waals surface area (Å²) in [7, 11) is 0. The lowest BCUT2D eigenvalue weighted by Crippen LogP contribution is -2.34. The average molecular weight is 299 g/mol. The minimum Gasteiger partial charge on any atom is -0.353 e. The molecule has 2 rings (SSSR count). The van der Waals surface area contributed by atoms with E-state index in [-0.39, 0.29) is 6.29 Å². The number of nitrogens with zero attached hydrogens (tertiary/aromatic N) is 3. The standard InChI is InChI=1S/C17H21N3O2/c1-5-21-13(2)22-17(3,4)16(10-11-18)20-12-19-14-8-6-7-9-15(14)20/h6-10,12-13H,5H2,1-4H3/b16-10-/t13-/m0/s1. The fourth-order valence-electron chi connectivity index (χ4n) is 2.49. The maximum Gasteiger partial charge on any atom is 0.156 e. The van der Waals surface area contributed by atoms with Crippen molar-refractivity contribution in [2.45, 2.75) is 39.6 Å². The van der Waals surface area contributed by atoms with Gasteiger partial charge in [0.05, 0.1) is 22.8 Å². The number of aromatic nitrogens is 2. The van der Waals surface area contributed by atoms with Gasteiger partial charge in [0.1, 0.15) is 11.9 Å². The Morgan fingerprint density at radius 1 is 1.45 bits per heavy atom. The van der Waals surface area contributed by atoms with E-state index in [0.29, 0.717) is 6.61 Å². The number of para-hydroxylation sites is 2. The topological polar surface area (TPSA) is 60.1 Å². The van der Waals surface area contributed by atoms with Crippen molar-refractivity contribution in [3.8, 4) is 6.07 Å². The number of allylic oxidation sites excluding steroid dienone is 1. The van der Waals surface area contributed by atoms with Crippen molar-refractivity contribution in [1.82, 2.24) is 9.55 Å². The third-order valence-corrected chi connectivity index (χ3v) is 3.39. The number of benzene rings is 1. The van der Waals surface area contributed by atoms with Crippen LogP contribution >= 0.6 is 0 Å². The van der Waals surface area contributed by atoms with Gasteiger partial charge >= 0.3 is 0 Å². The van der Waals surface area contributed by atoms with E-state index in [1.165, 1.54) is 6.08 Å². The molecule has 0 aliphatic rings. The number of imidazole rings is 1. The van der Waals surface area contributed by atoms with Crippen LogP contribution in [0.2, 0.25) is 0 Å². The maximum atomic E-state index is 9.16. The number of fused-ring (bicyclic) bond motifs is 1. The molecule has 1 heterocycles. The number of hydrogen-bond donors (Lipinski definition) is 0. The van der Waals surface area contributed by atoms with Gasteiger partial charge in [-0.05, 0) is 39.8 Å². The fraction of sp³-hybridized carbons (Fsp3) is 0.412. The summed E-state index contributed by atoms with van der Waals surface area (Å²) in [4.78, 5) is 4.38. The second-order valence-electron chi connectivity index (χ2n) is 5.41. The molecule has 0 amide bonds. The third-order valence-electron chi connectivity index (χ3n) is 3.39. The molecule has 0 aliphatic heterocycles. The highest BCUT2D eigenvalue weighted by atomic mass is 16.7. The van der Waals surface area contributed by atoms with Crippen LogP contribution in [-0.4, -0.2) is 28.0 Å². The van der Waals surface area contributed by atoms with Crippen LogP contribution in [0.5, 0.6) is 0 Å². The van der Waals surface area contributed by atoms with E-state index >= 15 is 0 Å². The molecule has 0 saturated heterocycles. The summed E-state index contributed by atoms with van der Waals surface area (Å²) in [5, 5.41) is 9.16. The first-order valence-corrected chi connectivity index (χ1v) is 7.31. The molecule has 116 valence electrons. The van der Waals surface area contributed by atoms with Crippen molar-refractivity contribution >= 4 is 16.7 Å². The van der Waals surface area contributed by atoms with E-state index in [2.05, 4.69) is 11.1 Å². The van der Waals surface area contributed by atoms with E-state index in [1.807, 2.05) is 56.5 Å². The predicted molar refractivity (Wildman–Crippen MR) is 85.9 cm³/mol. The van der Waals surface area contributed by atoms with Crippen LogP contribution in [0.4, 0.5) is 0 Å². The lowest BCUT2D eigenvalue weighted by molar-refractivity contribution is -0.170. The Morgan fingerprint density at radius 2 is 2.18 bits per heavy atom. The highest BCUT2D eigenvalue weighted by Gasteiger charge is 2.29. The van der Waals surface area contributed by atoms with Crippen molar-refractivity contribution < 1.29 is 9.47 Å². The van der Waals surface area contributed by atoms with Crippen molar-refractivity contribution in [1.29, 1.82) is 5.26 Å². The molecule has 5 nitrogen and oxygen atoms in total. The van der Waals surface area contributed by atoms with Gasteiger partial charge in [-0.15, -0.1) is 0 Å². The highest BCUT2D eigenvalue weighted by molar-refractivity contribution is 5.80. The molecule has 2 aromatic rings. The van der Waals surface area contributed by atoms with E-state index in [0.717, 1.165) is 16.7 Å². The van der Waals surface area contributed by atoms with Crippen LogP contribution in [0.3, 0.4) is 0 Å². The zero-order valence-corrected chi connectivity index (χ0v) is 13.4. The fourth-order valence-corrected chi connectivity index (χ4v) is 2.49. The summed E-state index contributed by atoms with van der Waals surface area (Å²) in [6.07, 6.45) is 2.84. The van der Waals surface area contributed by atoms with E-state index in [4.69, 9.17) is 14.7 Å². The highest BCUT2D eigenvalue weighted by Crippen LogP contribution is 2.29. The summed E-state index contributed by atoms with van der Waals surface area (Å²) in [5.41, 5.74) is 1.83. The molecule has 0 aliphatic carbocycles. The Bertz CT molecular complexity index is 710. The van der Waals surface area contributed by atoms with Crippen LogP contribution in [0.1, 0.15) is 27.7 Å². The number of ether oxygens (including phenoxy) is 2. The van der Waals surface area contributed by atoms with Gasteiger partial charge in [-0.1, -0.05) is 12.1 Å². The molecule has 0 N–H and O–H groups in total. The number of nitriles is 1. The van der Waals surface area contributed by atoms with Gasteiger partial charge in [0.2, 0.25) is 0 Å². The van der Waals surface area contributed by atoms with E-state index in [9.17, 15) is 0 Å². The van der Waals surface area contributed by atoms with Gasteiger partial charge in [-0.3, -0.25) is 4.57 Å². The monoisotopic (exact) mass is 299 g/mol. The van der Waals surface area contributed by atoms with Crippen LogP contribution in [0, 0.1) is 11.3 Å². The molecule has 5 heteroatoms. The summed E-state index contributed by atoms with van der Waals surface area (Å²) in [6, 6.07) is 9.89. The van der Waals surface area contributed by atoms with Crippen LogP contribution in [0.25, 0.3) is 16.7 Å². The van der Waals surface area contributed by atoms with E-state index < -0.39 is 5.60 Å². The minimum atomic E-state index is -0.701. The molecule has 1 aromatic heterocycles. The summed E-state index contributed by atoms with van der Waals surface area (Å²) in [6.45, 7) is 8.17. The van der Waals surface area contributed by atoms with Gasteiger partial charge in [-0.25, -0.2) is 4.98 Å². The van der Waals surface area contributed by atoms with Crippen LogP contribution in [-0.2, 0) is 9.47 Å². The Morgan fingerprint density at radius 3 is 2.86 bits per heavy atom. The first-order valence-electron chi connectivity index (χ1n) is 7.31. The Labute approximate surface area is 130 Å². The van der Waals surface area contributed by atoms with Crippen molar-refractivity contribution in [3.05, 3.63) is 36.7 Å². The molecule has 22 heavy (non-hydrogen) atoms. The van der Waals surface area contributed by atoms with Gasteiger partial charge in [0, 0.05) is 12.7 Å². The normalized spacial score (nSPS) is 14.0. The molecule has 1 atom stereocenters.